The molecule has 0 radical (unpaired) electrons. The molecule has 8 heteroatoms. The van der Waals surface area contributed by atoms with E-state index in [0.29, 0.717) is 11.5 Å². The Morgan fingerprint density at radius 2 is 2.25 bits per heavy atom. The summed E-state index contributed by atoms with van der Waals surface area (Å²) in [6.45, 7) is 1.53. The molecule has 106 valence electrons. The summed E-state index contributed by atoms with van der Waals surface area (Å²) in [7, 11) is 1.42. The van der Waals surface area contributed by atoms with Gasteiger partial charge in [0.05, 0.1) is 17.8 Å². The van der Waals surface area contributed by atoms with Gasteiger partial charge in [0.1, 0.15) is 11.3 Å². The van der Waals surface area contributed by atoms with E-state index >= 15 is 0 Å². The molecular weight excluding hydrogens is 286 g/mol. The molecule has 0 atom stereocenters. The van der Waals surface area contributed by atoms with Crippen LogP contribution >= 0.6 is 11.6 Å². The predicted molar refractivity (Wildman–Crippen MR) is 70.6 cm³/mol. The van der Waals surface area contributed by atoms with Crippen LogP contribution < -0.4 is 10.5 Å². The molecule has 20 heavy (non-hydrogen) atoms. The Labute approximate surface area is 119 Å². The van der Waals surface area contributed by atoms with E-state index in [-0.39, 0.29) is 28.8 Å². The van der Waals surface area contributed by atoms with E-state index in [0.717, 1.165) is 0 Å². The number of halogens is 1. The van der Waals surface area contributed by atoms with Crippen molar-refractivity contribution in [3.63, 3.8) is 0 Å². The van der Waals surface area contributed by atoms with Crippen molar-refractivity contribution in [1.29, 1.82) is 0 Å². The molecule has 0 fully saturated rings. The average molecular weight is 298 g/mol. The van der Waals surface area contributed by atoms with Gasteiger partial charge in [0, 0.05) is 6.07 Å². The summed E-state index contributed by atoms with van der Waals surface area (Å²) in [4.78, 5) is 15.9. The molecule has 0 saturated carbocycles. The number of anilines is 1. The smallest absolute Gasteiger partial charge is 0.342 e. The lowest BCUT2D eigenvalue weighted by atomic mass is 10.2. The molecule has 0 aliphatic rings. The number of nitrogen functional groups attached to an aromatic ring is 1. The molecule has 2 rings (SSSR count). The lowest BCUT2D eigenvalue weighted by Gasteiger charge is -2.09. The van der Waals surface area contributed by atoms with Gasteiger partial charge < -0.3 is 19.7 Å². The SMILES string of the molecule is COc1cc(N)c(Cl)cc1C(=O)OCc1nc(C)no1. The Morgan fingerprint density at radius 3 is 2.85 bits per heavy atom. The van der Waals surface area contributed by atoms with E-state index in [2.05, 4.69) is 10.1 Å². The van der Waals surface area contributed by atoms with Crippen molar-refractivity contribution in [3.8, 4) is 5.75 Å². The average Bonchev–Trinajstić information content (AvgIpc) is 2.84. The zero-order valence-electron chi connectivity index (χ0n) is 10.8. The fraction of sp³-hybridized carbons (Fsp3) is 0.250. The summed E-state index contributed by atoms with van der Waals surface area (Å²) in [5.74, 6) is 0.318. The minimum atomic E-state index is -0.625. The fourth-order valence-corrected chi connectivity index (χ4v) is 1.66. The van der Waals surface area contributed by atoms with Gasteiger partial charge in [-0.15, -0.1) is 0 Å². The van der Waals surface area contributed by atoms with Crippen LogP contribution in [0.1, 0.15) is 22.1 Å². The molecule has 0 unspecified atom stereocenters. The standard InChI is InChI=1S/C12H12ClN3O4/c1-6-15-11(20-16-6)5-19-12(17)7-3-8(13)9(14)4-10(7)18-2/h3-4H,5,14H2,1-2H3. The Morgan fingerprint density at radius 1 is 1.50 bits per heavy atom. The summed E-state index contributed by atoms with van der Waals surface area (Å²) in [6, 6.07) is 2.84. The van der Waals surface area contributed by atoms with E-state index in [1.807, 2.05) is 0 Å². The van der Waals surface area contributed by atoms with E-state index in [9.17, 15) is 4.79 Å². The summed E-state index contributed by atoms with van der Waals surface area (Å²) in [5.41, 5.74) is 6.12. The number of nitrogens with zero attached hydrogens (tertiary/aromatic N) is 2. The van der Waals surface area contributed by atoms with Gasteiger partial charge in [-0.1, -0.05) is 16.8 Å². The molecule has 0 bridgehead atoms. The number of esters is 1. The van der Waals surface area contributed by atoms with E-state index in [1.165, 1.54) is 19.2 Å². The van der Waals surface area contributed by atoms with Crippen LogP contribution in [0.2, 0.25) is 5.02 Å². The highest BCUT2D eigenvalue weighted by Gasteiger charge is 2.17. The van der Waals surface area contributed by atoms with E-state index < -0.39 is 5.97 Å². The monoisotopic (exact) mass is 297 g/mol. The van der Waals surface area contributed by atoms with Gasteiger partial charge in [0.25, 0.3) is 5.89 Å². The Balaban J connectivity index is 2.14. The first kappa shape index (κ1) is 14.1. The molecule has 0 aliphatic carbocycles. The van der Waals surface area contributed by atoms with Crippen molar-refractivity contribution in [2.24, 2.45) is 0 Å². The fourth-order valence-electron chi connectivity index (χ4n) is 1.50. The molecule has 0 aliphatic heterocycles. The Hall–Kier alpha value is -2.28. The summed E-state index contributed by atoms with van der Waals surface area (Å²) in [6.07, 6.45) is 0. The van der Waals surface area contributed by atoms with Crippen LogP contribution in [0.4, 0.5) is 5.69 Å². The minimum Gasteiger partial charge on any atom is -0.496 e. The number of hydrogen-bond acceptors (Lipinski definition) is 7. The highest BCUT2D eigenvalue weighted by atomic mass is 35.5. The first-order chi connectivity index (χ1) is 9.51. The second kappa shape index (κ2) is 5.79. The highest BCUT2D eigenvalue weighted by Crippen LogP contribution is 2.29. The van der Waals surface area contributed by atoms with Crippen LogP contribution in [0.3, 0.4) is 0 Å². The maximum Gasteiger partial charge on any atom is 0.342 e. The third-order valence-electron chi connectivity index (χ3n) is 2.44. The van der Waals surface area contributed by atoms with Gasteiger partial charge in [-0.05, 0) is 13.0 Å². The Kier molecular flexibility index (Phi) is 4.09. The first-order valence-corrected chi connectivity index (χ1v) is 5.98. The number of aromatic nitrogens is 2. The second-order valence-corrected chi connectivity index (χ2v) is 4.29. The van der Waals surface area contributed by atoms with Crippen LogP contribution in [-0.4, -0.2) is 23.2 Å². The van der Waals surface area contributed by atoms with Crippen molar-refractivity contribution in [2.45, 2.75) is 13.5 Å². The van der Waals surface area contributed by atoms with Crippen molar-refractivity contribution in [1.82, 2.24) is 10.1 Å². The summed E-state index contributed by atoms with van der Waals surface area (Å²) in [5, 5.41) is 3.83. The number of hydrogen-bond donors (Lipinski definition) is 1. The maximum absolute atomic E-state index is 12.0. The molecule has 1 aromatic carbocycles. The number of benzene rings is 1. The molecule has 7 nitrogen and oxygen atoms in total. The third-order valence-corrected chi connectivity index (χ3v) is 2.76. The number of methoxy groups -OCH3 is 1. The van der Waals surface area contributed by atoms with Gasteiger partial charge in [0.15, 0.2) is 12.4 Å². The summed E-state index contributed by atoms with van der Waals surface area (Å²) < 4.78 is 15.0. The van der Waals surface area contributed by atoms with Crippen molar-refractivity contribution < 1.29 is 18.8 Å². The highest BCUT2D eigenvalue weighted by molar-refractivity contribution is 6.33. The zero-order valence-corrected chi connectivity index (χ0v) is 11.6. The van der Waals surface area contributed by atoms with E-state index in [4.69, 9.17) is 31.3 Å². The number of carbonyl (C=O) groups is 1. The maximum atomic E-state index is 12.0. The van der Waals surface area contributed by atoms with Crippen LogP contribution in [-0.2, 0) is 11.3 Å². The van der Waals surface area contributed by atoms with E-state index in [1.54, 1.807) is 6.92 Å². The van der Waals surface area contributed by atoms with Crippen LogP contribution in [0, 0.1) is 6.92 Å². The number of carbonyl (C=O) groups excluding carboxylic acids is 1. The molecular formula is C12H12ClN3O4. The molecule has 1 aromatic heterocycles. The van der Waals surface area contributed by atoms with Crippen LogP contribution in [0.5, 0.6) is 5.75 Å². The molecule has 0 amide bonds. The zero-order chi connectivity index (χ0) is 14.7. The van der Waals surface area contributed by atoms with Gasteiger partial charge in [-0.3, -0.25) is 0 Å². The lowest BCUT2D eigenvalue weighted by Crippen LogP contribution is -2.08. The number of aryl methyl sites for hydroxylation is 1. The number of ether oxygens (including phenoxy) is 2. The molecule has 2 N–H and O–H groups in total. The van der Waals surface area contributed by atoms with Gasteiger partial charge in [-0.25, -0.2) is 4.79 Å². The lowest BCUT2D eigenvalue weighted by molar-refractivity contribution is 0.0426. The molecule has 1 heterocycles. The third kappa shape index (κ3) is 3.00. The second-order valence-electron chi connectivity index (χ2n) is 3.89. The predicted octanol–water partition coefficient (Wildman–Crippen LogP) is 1.98. The minimum absolute atomic E-state index is 0.134. The topological polar surface area (TPSA) is 100 Å². The van der Waals surface area contributed by atoms with Crippen molar-refractivity contribution in [2.75, 3.05) is 12.8 Å². The quantitative estimate of drug-likeness (QED) is 0.680. The molecule has 0 saturated heterocycles. The van der Waals surface area contributed by atoms with Crippen LogP contribution in [0.15, 0.2) is 16.7 Å². The van der Waals surface area contributed by atoms with Gasteiger partial charge in [0.2, 0.25) is 0 Å². The molecule has 0 spiro atoms. The Bertz CT molecular complexity index is 642. The van der Waals surface area contributed by atoms with Crippen molar-refractivity contribution in [3.05, 3.63) is 34.4 Å². The largest absolute Gasteiger partial charge is 0.496 e. The molecule has 2 aromatic rings. The van der Waals surface area contributed by atoms with Gasteiger partial charge in [-0.2, -0.15) is 4.98 Å². The number of rotatable bonds is 4. The van der Waals surface area contributed by atoms with Gasteiger partial charge >= 0.3 is 5.97 Å². The normalized spacial score (nSPS) is 10.3. The van der Waals surface area contributed by atoms with Crippen molar-refractivity contribution >= 4 is 23.3 Å². The summed E-state index contributed by atoms with van der Waals surface area (Å²) >= 11 is 5.88. The first-order valence-electron chi connectivity index (χ1n) is 5.60. The number of nitrogens with two attached hydrogens (primary N) is 1. The van der Waals surface area contributed by atoms with Crippen LogP contribution in [0.25, 0.3) is 0 Å².